The van der Waals surface area contributed by atoms with E-state index >= 15 is 0 Å². The van der Waals surface area contributed by atoms with E-state index in [1.807, 2.05) is 60.7 Å². The summed E-state index contributed by atoms with van der Waals surface area (Å²) in [5.74, 6) is -0.868. The molecule has 150 valence electrons. The molecule has 1 aliphatic rings. The molecule has 0 aliphatic carbocycles. The number of hydrogen-bond donors (Lipinski definition) is 1. The normalized spacial score (nSPS) is 18.1. The molecule has 0 saturated heterocycles. The van der Waals surface area contributed by atoms with Crippen LogP contribution in [0.25, 0.3) is 6.08 Å². The predicted molar refractivity (Wildman–Crippen MR) is 118 cm³/mol. The van der Waals surface area contributed by atoms with Crippen LogP contribution < -0.4 is 4.90 Å². The number of ketones is 1. The maximum atomic E-state index is 13.3. The molecule has 5 heteroatoms. The van der Waals surface area contributed by atoms with Crippen molar-refractivity contribution in [3.8, 4) is 0 Å². The van der Waals surface area contributed by atoms with Crippen LogP contribution in [0.15, 0.2) is 84.9 Å². The summed E-state index contributed by atoms with van der Waals surface area (Å²) in [7, 11) is 0. The predicted octanol–water partition coefficient (Wildman–Crippen LogP) is 4.75. The lowest BCUT2D eigenvalue weighted by Gasteiger charge is -2.22. The third-order valence-corrected chi connectivity index (χ3v) is 5.40. The van der Waals surface area contributed by atoms with Crippen LogP contribution in [0, 0.1) is 0 Å². The highest BCUT2D eigenvalue weighted by molar-refractivity contribution is 6.31. The molecule has 1 atom stereocenters. The highest BCUT2D eigenvalue weighted by atomic mass is 35.5. The summed E-state index contributed by atoms with van der Waals surface area (Å²) >= 11 is 6.14. The summed E-state index contributed by atoms with van der Waals surface area (Å²) in [5.41, 5.74) is 0.761. The van der Waals surface area contributed by atoms with Gasteiger partial charge in [0, 0.05) is 10.6 Å². The minimum Gasteiger partial charge on any atom is -0.375 e. The number of allylic oxidation sites excluding steroid dienone is 1. The average Bonchev–Trinajstić information content (AvgIpc) is 2.95. The maximum Gasteiger partial charge on any atom is 0.264 e. The Bertz CT molecular complexity index is 1110. The van der Waals surface area contributed by atoms with E-state index in [9.17, 15) is 14.7 Å². The van der Waals surface area contributed by atoms with Crippen molar-refractivity contribution in [3.63, 3.8) is 0 Å². The number of rotatable bonds is 6. The Kier molecular flexibility index (Phi) is 5.53. The van der Waals surface area contributed by atoms with Crippen LogP contribution in [0.3, 0.4) is 0 Å². The zero-order chi connectivity index (χ0) is 21.1. The molecular weight excluding hydrogens is 398 g/mol. The minimum atomic E-state index is -1.95. The Morgan fingerprint density at radius 2 is 1.67 bits per heavy atom. The van der Waals surface area contributed by atoms with Crippen LogP contribution >= 0.6 is 11.6 Å². The SMILES string of the molecule is O=C(/C=C/c1ccccc1)C[C@@]1(O)C(=O)N(Cc2ccccc2)c2ccc(Cl)cc21. The third kappa shape index (κ3) is 3.92. The standard InChI is InChI=1S/C25H20ClNO3/c26-20-12-14-23-22(15-20)25(30,16-21(28)13-11-18-7-3-1-4-8-18)24(29)27(23)17-19-9-5-2-6-10-19/h1-15,30H,16-17H2/b13-11+/t25-/m0/s1. The molecule has 0 unspecified atom stereocenters. The number of halogens is 1. The second-order valence-electron chi connectivity index (χ2n) is 7.29. The van der Waals surface area contributed by atoms with Crippen LogP contribution in [0.4, 0.5) is 5.69 Å². The highest BCUT2D eigenvalue weighted by Crippen LogP contribution is 2.44. The first-order valence-corrected chi connectivity index (χ1v) is 9.99. The molecule has 0 radical (unpaired) electrons. The van der Waals surface area contributed by atoms with Gasteiger partial charge in [0.05, 0.1) is 18.7 Å². The van der Waals surface area contributed by atoms with Crippen LogP contribution in [0.1, 0.15) is 23.1 Å². The molecule has 1 heterocycles. The molecular formula is C25H20ClNO3. The Labute approximate surface area is 180 Å². The van der Waals surface area contributed by atoms with Crippen molar-refractivity contribution in [1.29, 1.82) is 0 Å². The summed E-state index contributed by atoms with van der Waals surface area (Å²) < 4.78 is 0. The Hall–Kier alpha value is -3.21. The van der Waals surface area contributed by atoms with Gasteiger partial charge in [0.15, 0.2) is 11.4 Å². The van der Waals surface area contributed by atoms with Gasteiger partial charge in [0.25, 0.3) is 5.91 Å². The van der Waals surface area contributed by atoms with Gasteiger partial charge in [-0.05, 0) is 35.4 Å². The molecule has 3 aromatic rings. The number of fused-ring (bicyclic) bond motifs is 1. The van der Waals surface area contributed by atoms with E-state index in [0.717, 1.165) is 11.1 Å². The summed E-state index contributed by atoms with van der Waals surface area (Å²) in [5, 5.41) is 11.7. The van der Waals surface area contributed by atoms with Gasteiger partial charge in [-0.25, -0.2) is 0 Å². The summed E-state index contributed by atoms with van der Waals surface area (Å²) in [6.45, 7) is 0.296. The van der Waals surface area contributed by atoms with Crippen molar-refractivity contribution >= 4 is 35.1 Å². The second-order valence-corrected chi connectivity index (χ2v) is 7.72. The Morgan fingerprint density at radius 1 is 1.00 bits per heavy atom. The minimum absolute atomic E-state index is 0.296. The van der Waals surface area contributed by atoms with E-state index < -0.39 is 11.5 Å². The van der Waals surface area contributed by atoms with Gasteiger partial charge in [0.1, 0.15) is 0 Å². The summed E-state index contributed by atoms with van der Waals surface area (Å²) in [6, 6.07) is 23.8. The van der Waals surface area contributed by atoms with Crippen molar-refractivity contribution in [1.82, 2.24) is 0 Å². The summed E-state index contributed by atoms with van der Waals surface area (Å²) in [4.78, 5) is 27.4. The molecule has 0 spiro atoms. The van der Waals surface area contributed by atoms with Gasteiger partial charge in [0.2, 0.25) is 0 Å². The fraction of sp³-hybridized carbons (Fsp3) is 0.120. The zero-order valence-corrected chi connectivity index (χ0v) is 16.9. The average molecular weight is 418 g/mol. The number of carbonyl (C=O) groups excluding carboxylic acids is 2. The quantitative estimate of drug-likeness (QED) is 0.589. The highest BCUT2D eigenvalue weighted by Gasteiger charge is 2.50. The number of aliphatic hydroxyl groups is 1. The van der Waals surface area contributed by atoms with Crippen molar-refractivity contribution in [2.45, 2.75) is 18.6 Å². The number of carbonyl (C=O) groups is 2. The van der Waals surface area contributed by atoms with Gasteiger partial charge >= 0.3 is 0 Å². The van der Waals surface area contributed by atoms with E-state index in [0.29, 0.717) is 22.8 Å². The molecule has 30 heavy (non-hydrogen) atoms. The molecule has 0 bridgehead atoms. The van der Waals surface area contributed by atoms with E-state index in [1.54, 1.807) is 24.3 Å². The fourth-order valence-corrected chi connectivity index (χ4v) is 3.85. The molecule has 4 rings (SSSR count). The number of amides is 1. The molecule has 1 N–H and O–H groups in total. The van der Waals surface area contributed by atoms with Gasteiger partial charge in [-0.3, -0.25) is 9.59 Å². The molecule has 4 nitrogen and oxygen atoms in total. The van der Waals surface area contributed by atoms with Crippen LogP contribution in [0.5, 0.6) is 0 Å². The van der Waals surface area contributed by atoms with Crippen molar-refractivity contribution in [2.75, 3.05) is 4.90 Å². The van der Waals surface area contributed by atoms with Crippen molar-refractivity contribution in [2.24, 2.45) is 0 Å². The van der Waals surface area contributed by atoms with Crippen molar-refractivity contribution < 1.29 is 14.7 Å². The van der Waals surface area contributed by atoms with Crippen LogP contribution in [-0.2, 0) is 21.7 Å². The Balaban J connectivity index is 1.63. The lowest BCUT2D eigenvalue weighted by Crippen LogP contribution is -2.41. The largest absolute Gasteiger partial charge is 0.375 e. The maximum absolute atomic E-state index is 13.3. The van der Waals surface area contributed by atoms with Gasteiger partial charge in [-0.1, -0.05) is 78.3 Å². The molecule has 1 amide bonds. The van der Waals surface area contributed by atoms with E-state index in [1.165, 1.54) is 11.0 Å². The number of anilines is 1. The van der Waals surface area contributed by atoms with Gasteiger partial charge in [-0.15, -0.1) is 0 Å². The molecule has 3 aromatic carbocycles. The first-order chi connectivity index (χ1) is 14.5. The molecule has 0 fully saturated rings. The first-order valence-electron chi connectivity index (χ1n) is 9.62. The second kappa shape index (κ2) is 8.27. The van der Waals surface area contributed by atoms with E-state index in [-0.39, 0.29) is 12.2 Å². The fourth-order valence-electron chi connectivity index (χ4n) is 3.68. The smallest absolute Gasteiger partial charge is 0.264 e. The number of nitrogens with zero attached hydrogens (tertiary/aromatic N) is 1. The van der Waals surface area contributed by atoms with Gasteiger partial charge < -0.3 is 10.0 Å². The first kappa shape index (κ1) is 20.1. The van der Waals surface area contributed by atoms with Crippen LogP contribution in [0.2, 0.25) is 5.02 Å². The van der Waals surface area contributed by atoms with E-state index in [2.05, 4.69) is 0 Å². The topological polar surface area (TPSA) is 57.6 Å². The zero-order valence-electron chi connectivity index (χ0n) is 16.2. The lowest BCUT2D eigenvalue weighted by molar-refractivity contribution is -0.140. The number of hydrogen-bond acceptors (Lipinski definition) is 3. The lowest BCUT2D eigenvalue weighted by atomic mass is 9.89. The third-order valence-electron chi connectivity index (χ3n) is 5.17. The van der Waals surface area contributed by atoms with Crippen LogP contribution in [-0.4, -0.2) is 16.8 Å². The molecule has 0 saturated carbocycles. The monoisotopic (exact) mass is 417 g/mol. The summed E-state index contributed by atoms with van der Waals surface area (Å²) in [6.07, 6.45) is 2.71. The molecule has 0 aromatic heterocycles. The Morgan fingerprint density at radius 3 is 2.37 bits per heavy atom. The van der Waals surface area contributed by atoms with E-state index in [4.69, 9.17) is 11.6 Å². The van der Waals surface area contributed by atoms with Gasteiger partial charge in [-0.2, -0.15) is 0 Å². The van der Waals surface area contributed by atoms with Crippen molar-refractivity contribution in [3.05, 3.63) is 107 Å². The molecule has 1 aliphatic heterocycles. The number of benzene rings is 3.